The molecule has 1 aliphatic heterocycles. The Morgan fingerprint density at radius 3 is 3.17 bits per heavy atom. The summed E-state index contributed by atoms with van der Waals surface area (Å²) in [6.45, 7) is 0.848. The molecule has 0 unspecified atom stereocenters. The second-order valence-corrected chi connectivity index (χ2v) is 3.89. The topological polar surface area (TPSA) is 9.23 Å². The third-order valence-corrected chi connectivity index (χ3v) is 2.94. The van der Waals surface area contributed by atoms with E-state index in [0.717, 1.165) is 30.1 Å². The van der Waals surface area contributed by atoms with E-state index < -0.39 is 0 Å². The zero-order valence-corrected chi connectivity index (χ0v) is 8.12. The second kappa shape index (κ2) is 3.58. The van der Waals surface area contributed by atoms with E-state index in [4.69, 9.17) is 15.4 Å². The van der Waals surface area contributed by atoms with Gasteiger partial charge in [-0.15, -0.1) is 0 Å². The van der Waals surface area contributed by atoms with Crippen LogP contribution in [-0.2, 0) is 6.42 Å². The highest BCUT2D eigenvalue weighted by molar-refractivity contribution is 8.21. The van der Waals surface area contributed by atoms with Crippen molar-refractivity contribution in [3.05, 3.63) is 23.8 Å². The van der Waals surface area contributed by atoms with Crippen molar-refractivity contribution in [1.29, 1.82) is 0 Å². The molecular formula is C9H9ClOS. The molecule has 0 amide bonds. The van der Waals surface area contributed by atoms with E-state index >= 15 is 0 Å². The van der Waals surface area contributed by atoms with Crippen molar-refractivity contribution >= 4 is 21.7 Å². The fourth-order valence-electron chi connectivity index (χ4n) is 1.38. The first-order valence-corrected chi connectivity index (χ1v) is 5.59. The number of hydrogen-bond acceptors (Lipinski definition) is 2. The zero-order valence-electron chi connectivity index (χ0n) is 6.55. The summed E-state index contributed by atoms with van der Waals surface area (Å²) < 4.78 is 5.47. The molecule has 12 heavy (non-hydrogen) atoms. The molecular weight excluding hydrogens is 192 g/mol. The number of fused-ring (bicyclic) bond motifs is 1. The fourth-order valence-corrected chi connectivity index (χ4v) is 1.98. The Morgan fingerprint density at radius 2 is 2.33 bits per heavy atom. The van der Waals surface area contributed by atoms with Gasteiger partial charge in [-0.3, -0.25) is 0 Å². The summed E-state index contributed by atoms with van der Waals surface area (Å²) in [5, 5.41) is 0. The standard InChI is InChI=1S/C9H9ClOS/c10-12-8-3-4-9-7(6-8)2-1-5-11-9/h3-4,6H,1-2,5H2. The van der Waals surface area contributed by atoms with Crippen LogP contribution in [0.2, 0.25) is 0 Å². The average Bonchev–Trinajstić information content (AvgIpc) is 2.17. The molecule has 0 bridgehead atoms. The lowest BCUT2D eigenvalue weighted by Crippen LogP contribution is -2.07. The van der Waals surface area contributed by atoms with Crippen molar-refractivity contribution in [3.63, 3.8) is 0 Å². The quantitative estimate of drug-likeness (QED) is 0.688. The summed E-state index contributed by atoms with van der Waals surface area (Å²) >= 11 is 0. The van der Waals surface area contributed by atoms with Crippen molar-refractivity contribution in [1.82, 2.24) is 0 Å². The van der Waals surface area contributed by atoms with Crippen LogP contribution in [0.4, 0.5) is 0 Å². The van der Waals surface area contributed by atoms with E-state index in [-0.39, 0.29) is 0 Å². The largest absolute Gasteiger partial charge is 0.493 e. The molecule has 1 aromatic rings. The highest BCUT2D eigenvalue weighted by Gasteiger charge is 2.09. The highest BCUT2D eigenvalue weighted by atomic mass is 35.7. The molecule has 0 aromatic heterocycles. The van der Waals surface area contributed by atoms with Gasteiger partial charge in [-0.25, -0.2) is 0 Å². The first kappa shape index (κ1) is 8.27. The Bertz CT molecular complexity index is 288. The normalized spacial score (nSPS) is 15.1. The lowest BCUT2D eigenvalue weighted by Gasteiger charge is -2.16. The summed E-state index contributed by atoms with van der Waals surface area (Å²) in [7, 11) is 6.90. The molecule has 0 aliphatic carbocycles. The number of halogens is 1. The summed E-state index contributed by atoms with van der Waals surface area (Å²) in [5.74, 6) is 1.02. The number of benzene rings is 1. The zero-order chi connectivity index (χ0) is 8.39. The van der Waals surface area contributed by atoms with Crippen molar-refractivity contribution in [2.45, 2.75) is 17.7 Å². The molecule has 3 heteroatoms. The predicted octanol–water partition coefficient (Wildman–Crippen LogP) is 3.26. The van der Waals surface area contributed by atoms with Crippen molar-refractivity contribution in [2.24, 2.45) is 0 Å². The SMILES string of the molecule is ClSc1ccc2c(c1)CCCO2. The van der Waals surface area contributed by atoms with Crippen molar-refractivity contribution in [3.8, 4) is 5.75 Å². The van der Waals surface area contributed by atoms with Crippen LogP contribution in [-0.4, -0.2) is 6.61 Å². The maximum atomic E-state index is 5.65. The van der Waals surface area contributed by atoms with Gasteiger partial charge in [0, 0.05) is 4.90 Å². The smallest absolute Gasteiger partial charge is 0.122 e. The van der Waals surface area contributed by atoms with E-state index in [1.54, 1.807) is 0 Å². The van der Waals surface area contributed by atoms with Gasteiger partial charge >= 0.3 is 0 Å². The van der Waals surface area contributed by atoms with Crippen molar-refractivity contribution < 1.29 is 4.74 Å². The average molecular weight is 201 g/mol. The van der Waals surface area contributed by atoms with Crippen LogP contribution < -0.4 is 4.74 Å². The lowest BCUT2D eigenvalue weighted by atomic mass is 10.1. The Labute approximate surface area is 80.6 Å². The van der Waals surface area contributed by atoms with Crippen LogP contribution in [0.3, 0.4) is 0 Å². The van der Waals surface area contributed by atoms with Gasteiger partial charge in [0.25, 0.3) is 0 Å². The minimum absolute atomic E-state index is 0.848. The van der Waals surface area contributed by atoms with Crippen molar-refractivity contribution in [2.75, 3.05) is 6.61 Å². The molecule has 0 saturated heterocycles. The molecule has 0 spiro atoms. The van der Waals surface area contributed by atoms with Gasteiger partial charge in [-0.1, -0.05) is 0 Å². The Morgan fingerprint density at radius 1 is 1.42 bits per heavy atom. The molecule has 1 heterocycles. The predicted molar refractivity (Wildman–Crippen MR) is 52.0 cm³/mol. The highest BCUT2D eigenvalue weighted by Crippen LogP contribution is 2.30. The Kier molecular flexibility index (Phi) is 2.47. The molecule has 1 aliphatic rings. The van der Waals surface area contributed by atoms with Gasteiger partial charge in [0.2, 0.25) is 0 Å². The van der Waals surface area contributed by atoms with Gasteiger partial charge in [0.05, 0.1) is 6.61 Å². The molecule has 0 saturated carbocycles. The summed E-state index contributed by atoms with van der Waals surface area (Å²) in [5.41, 5.74) is 1.28. The maximum Gasteiger partial charge on any atom is 0.122 e. The van der Waals surface area contributed by atoms with E-state index in [1.165, 1.54) is 16.5 Å². The Balaban J connectivity index is 2.36. The molecule has 2 rings (SSSR count). The van der Waals surface area contributed by atoms with Crippen LogP contribution in [0, 0.1) is 0 Å². The molecule has 0 N–H and O–H groups in total. The first-order chi connectivity index (χ1) is 5.90. The van der Waals surface area contributed by atoms with E-state index in [0.29, 0.717) is 0 Å². The van der Waals surface area contributed by atoms with E-state index in [9.17, 15) is 0 Å². The number of ether oxygens (including phenoxy) is 1. The summed E-state index contributed by atoms with van der Waals surface area (Å²) in [4.78, 5) is 1.10. The maximum absolute atomic E-state index is 5.65. The van der Waals surface area contributed by atoms with Gasteiger partial charge in [0.15, 0.2) is 0 Å². The van der Waals surface area contributed by atoms with Gasteiger partial charge < -0.3 is 4.74 Å². The van der Waals surface area contributed by atoms with E-state index in [1.807, 2.05) is 12.1 Å². The summed E-state index contributed by atoms with van der Waals surface area (Å²) in [6.07, 6.45) is 2.23. The third kappa shape index (κ3) is 1.54. The minimum Gasteiger partial charge on any atom is -0.493 e. The Hall–Kier alpha value is -0.340. The van der Waals surface area contributed by atoms with Gasteiger partial charge in [0.1, 0.15) is 5.75 Å². The first-order valence-electron chi connectivity index (χ1n) is 3.94. The molecule has 64 valence electrons. The molecule has 1 nitrogen and oxygen atoms in total. The number of hydrogen-bond donors (Lipinski definition) is 0. The minimum atomic E-state index is 0.848. The second-order valence-electron chi connectivity index (χ2n) is 2.80. The van der Waals surface area contributed by atoms with Crippen LogP contribution in [0.15, 0.2) is 23.1 Å². The van der Waals surface area contributed by atoms with Gasteiger partial charge in [-0.2, -0.15) is 0 Å². The number of rotatable bonds is 1. The fraction of sp³-hybridized carbons (Fsp3) is 0.333. The lowest BCUT2D eigenvalue weighted by molar-refractivity contribution is 0.288. The summed E-state index contributed by atoms with van der Waals surface area (Å²) in [6, 6.07) is 6.09. The number of aryl methyl sites for hydroxylation is 1. The van der Waals surface area contributed by atoms with Crippen LogP contribution in [0.25, 0.3) is 0 Å². The van der Waals surface area contributed by atoms with E-state index in [2.05, 4.69) is 6.07 Å². The monoisotopic (exact) mass is 200 g/mol. The van der Waals surface area contributed by atoms with Crippen LogP contribution in [0.1, 0.15) is 12.0 Å². The van der Waals surface area contributed by atoms with Gasteiger partial charge in [-0.05, 0) is 58.3 Å². The molecule has 0 atom stereocenters. The molecule has 0 radical (unpaired) electrons. The van der Waals surface area contributed by atoms with Crippen LogP contribution in [0.5, 0.6) is 5.75 Å². The third-order valence-electron chi connectivity index (χ3n) is 1.97. The molecule has 0 fully saturated rings. The molecule has 1 aromatic carbocycles. The van der Waals surface area contributed by atoms with Crippen LogP contribution >= 0.6 is 21.7 Å².